The van der Waals surface area contributed by atoms with Gasteiger partial charge in [0.05, 0.1) is 33.0 Å². The van der Waals surface area contributed by atoms with Crippen molar-refractivity contribution in [2.24, 2.45) is 11.8 Å². The zero-order valence-corrected chi connectivity index (χ0v) is 25.7. The van der Waals surface area contributed by atoms with E-state index < -0.39 is 8.32 Å². The lowest BCUT2D eigenvalue weighted by Gasteiger charge is -2.42. The van der Waals surface area contributed by atoms with Crippen molar-refractivity contribution in [3.05, 3.63) is 52.5 Å². The molecule has 1 aliphatic rings. The third kappa shape index (κ3) is 9.47. The van der Waals surface area contributed by atoms with Crippen molar-refractivity contribution in [3.63, 3.8) is 0 Å². The number of carbonyl (C=O) groups is 1. The van der Waals surface area contributed by atoms with Gasteiger partial charge in [-0.15, -0.1) is 0 Å². The molecule has 3 atom stereocenters. The molecule has 0 heterocycles. The lowest BCUT2D eigenvalue weighted by molar-refractivity contribution is -0.137. The van der Waals surface area contributed by atoms with Gasteiger partial charge in [0, 0.05) is 0 Å². The lowest BCUT2D eigenvalue weighted by Crippen LogP contribution is -2.46. The first-order valence-electron chi connectivity index (χ1n) is 13.1. The van der Waals surface area contributed by atoms with E-state index in [0.29, 0.717) is 29.5 Å². The van der Waals surface area contributed by atoms with Gasteiger partial charge in [0.15, 0.2) is 8.32 Å². The van der Waals surface area contributed by atoms with Crippen molar-refractivity contribution < 1.29 is 23.4 Å². The standard InChI is InChI=1S/C29H45BrO5Si/c1-8-34-28(31)26(30)14-9-10-15-27(35-36(6,7)29(2,3)4)25-13-11-12-23(25)21-33-20-22-16-18-24(32-5)19-17-22/h9-10,14,16-19,23,25,27H,8,11-13,15,20-21H2,1-7H3/b10-9+,26-14-/t23-,25+,27-/m0/s1. The first-order chi connectivity index (χ1) is 17.0. The van der Waals surface area contributed by atoms with Gasteiger partial charge in [-0.1, -0.05) is 51.5 Å². The number of rotatable bonds is 13. The minimum atomic E-state index is -1.95. The molecule has 0 bridgehead atoms. The molecule has 0 unspecified atom stereocenters. The molecule has 0 amide bonds. The second kappa shape index (κ2) is 14.5. The topological polar surface area (TPSA) is 54.0 Å². The van der Waals surface area contributed by atoms with Gasteiger partial charge < -0.3 is 18.6 Å². The predicted octanol–water partition coefficient (Wildman–Crippen LogP) is 7.81. The first kappa shape index (κ1) is 30.8. The Morgan fingerprint density at radius 1 is 1.19 bits per heavy atom. The highest BCUT2D eigenvalue weighted by atomic mass is 79.9. The van der Waals surface area contributed by atoms with Crippen LogP contribution in [0, 0.1) is 11.8 Å². The Kier molecular flexibility index (Phi) is 12.4. The highest BCUT2D eigenvalue weighted by Gasteiger charge is 2.42. The van der Waals surface area contributed by atoms with Gasteiger partial charge in [-0.05, 0) is 95.9 Å². The van der Waals surface area contributed by atoms with Gasteiger partial charge in [0.25, 0.3) is 0 Å². The van der Waals surface area contributed by atoms with Gasteiger partial charge in [0.2, 0.25) is 0 Å². The summed E-state index contributed by atoms with van der Waals surface area (Å²) in [5, 5.41) is 0.140. The van der Waals surface area contributed by atoms with Crippen molar-refractivity contribution in [3.8, 4) is 5.75 Å². The molecule has 5 nitrogen and oxygen atoms in total. The maximum Gasteiger partial charge on any atom is 0.345 e. The van der Waals surface area contributed by atoms with Gasteiger partial charge in [0.1, 0.15) is 10.2 Å². The van der Waals surface area contributed by atoms with E-state index in [1.807, 2.05) is 18.2 Å². The van der Waals surface area contributed by atoms with E-state index in [4.69, 9.17) is 18.6 Å². The number of allylic oxidation sites excluding steroid dienone is 2. The van der Waals surface area contributed by atoms with Crippen LogP contribution in [0.1, 0.15) is 58.9 Å². The second-order valence-electron chi connectivity index (χ2n) is 11.0. The molecule has 1 saturated carbocycles. The normalized spacial score (nSPS) is 20.1. The number of methoxy groups -OCH3 is 1. The van der Waals surface area contributed by atoms with Crippen LogP contribution in [-0.4, -0.2) is 40.7 Å². The molecular weight excluding hydrogens is 536 g/mol. The van der Waals surface area contributed by atoms with E-state index in [-0.39, 0.29) is 17.1 Å². The van der Waals surface area contributed by atoms with Crippen LogP contribution in [0.3, 0.4) is 0 Å². The van der Waals surface area contributed by atoms with E-state index >= 15 is 0 Å². The molecule has 0 aromatic heterocycles. The number of carbonyl (C=O) groups excluding carboxylic acids is 1. The van der Waals surface area contributed by atoms with Crippen molar-refractivity contribution in [1.29, 1.82) is 0 Å². The van der Waals surface area contributed by atoms with Crippen molar-refractivity contribution in [1.82, 2.24) is 0 Å². The molecular formula is C29H45BrO5Si. The SMILES string of the molecule is CCOC(=O)/C(Br)=C/C=C/C[C@H](O[Si](C)(C)C(C)(C)C)[C@@H]1CCC[C@H]1COCc1ccc(OC)cc1. The molecule has 2 rings (SSSR count). The van der Waals surface area contributed by atoms with Crippen LogP contribution in [0.25, 0.3) is 0 Å². The zero-order valence-electron chi connectivity index (χ0n) is 23.1. The molecule has 7 heteroatoms. The smallest absolute Gasteiger partial charge is 0.345 e. The largest absolute Gasteiger partial charge is 0.497 e. The summed E-state index contributed by atoms with van der Waals surface area (Å²) in [5.74, 6) is 1.45. The Hall–Kier alpha value is -1.41. The number of halogens is 1. The summed E-state index contributed by atoms with van der Waals surface area (Å²) in [6.07, 6.45) is 10.3. The molecule has 0 saturated heterocycles. The van der Waals surface area contributed by atoms with Gasteiger partial charge in [-0.3, -0.25) is 0 Å². The summed E-state index contributed by atoms with van der Waals surface area (Å²) in [4.78, 5) is 11.8. The molecule has 1 aliphatic carbocycles. The monoisotopic (exact) mass is 580 g/mol. The lowest BCUT2D eigenvalue weighted by atomic mass is 9.89. The highest BCUT2D eigenvalue weighted by Crippen LogP contribution is 2.43. The van der Waals surface area contributed by atoms with Gasteiger partial charge in [-0.25, -0.2) is 4.79 Å². The number of ether oxygens (including phenoxy) is 3. The van der Waals surface area contributed by atoms with E-state index in [1.54, 1.807) is 20.1 Å². The Morgan fingerprint density at radius 3 is 2.50 bits per heavy atom. The number of benzene rings is 1. The molecule has 0 N–H and O–H groups in total. The summed E-state index contributed by atoms with van der Waals surface area (Å²) < 4.78 is 23.9. The van der Waals surface area contributed by atoms with Crippen LogP contribution in [0.2, 0.25) is 18.1 Å². The molecule has 0 radical (unpaired) electrons. The third-order valence-electron chi connectivity index (χ3n) is 7.42. The van der Waals surface area contributed by atoms with E-state index in [1.165, 1.54) is 12.8 Å². The number of hydrogen-bond donors (Lipinski definition) is 0. The third-order valence-corrected chi connectivity index (χ3v) is 12.5. The molecule has 1 aromatic carbocycles. The number of esters is 1. The van der Waals surface area contributed by atoms with Crippen LogP contribution >= 0.6 is 15.9 Å². The van der Waals surface area contributed by atoms with E-state index in [9.17, 15) is 4.79 Å². The van der Waals surface area contributed by atoms with Gasteiger partial charge >= 0.3 is 5.97 Å². The average molecular weight is 582 g/mol. The van der Waals surface area contributed by atoms with Crippen molar-refractivity contribution in [2.75, 3.05) is 20.3 Å². The molecule has 202 valence electrons. The molecule has 0 aliphatic heterocycles. The summed E-state index contributed by atoms with van der Waals surface area (Å²) in [5.41, 5.74) is 1.15. The van der Waals surface area contributed by atoms with Crippen LogP contribution in [-0.2, 0) is 25.3 Å². The zero-order chi connectivity index (χ0) is 26.8. The Morgan fingerprint density at radius 2 is 1.89 bits per heavy atom. The fraction of sp³-hybridized carbons (Fsp3) is 0.621. The Balaban J connectivity index is 2.07. The Bertz CT molecular complexity index is 873. The fourth-order valence-electron chi connectivity index (χ4n) is 4.31. The summed E-state index contributed by atoms with van der Waals surface area (Å²) >= 11 is 3.31. The predicted molar refractivity (Wildman–Crippen MR) is 153 cm³/mol. The minimum absolute atomic E-state index is 0.133. The highest BCUT2D eigenvalue weighted by molar-refractivity contribution is 9.12. The van der Waals surface area contributed by atoms with Gasteiger partial charge in [-0.2, -0.15) is 0 Å². The molecule has 0 spiro atoms. The quantitative estimate of drug-likeness (QED) is 0.103. The summed E-state index contributed by atoms with van der Waals surface area (Å²) in [6, 6.07) is 8.06. The maximum absolute atomic E-state index is 11.8. The van der Waals surface area contributed by atoms with Crippen molar-refractivity contribution in [2.45, 2.75) is 84.2 Å². The fourth-order valence-corrected chi connectivity index (χ4v) is 5.96. The molecule has 36 heavy (non-hydrogen) atoms. The molecule has 1 aromatic rings. The summed E-state index contributed by atoms with van der Waals surface area (Å²) in [6.45, 7) is 15.0. The molecule has 1 fully saturated rings. The maximum atomic E-state index is 11.8. The van der Waals surface area contributed by atoms with Crippen LogP contribution < -0.4 is 4.74 Å². The van der Waals surface area contributed by atoms with E-state index in [2.05, 4.69) is 68.0 Å². The van der Waals surface area contributed by atoms with E-state index in [0.717, 1.165) is 30.8 Å². The number of hydrogen-bond acceptors (Lipinski definition) is 5. The van der Waals surface area contributed by atoms with Crippen molar-refractivity contribution >= 4 is 30.2 Å². The average Bonchev–Trinajstić information content (AvgIpc) is 3.29. The van der Waals surface area contributed by atoms with Crippen LogP contribution in [0.15, 0.2) is 47.0 Å². The van der Waals surface area contributed by atoms with Crippen LogP contribution in [0.5, 0.6) is 5.75 Å². The minimum Gasteiger partial charge on any atom is -0.497 e. The van der Waals surface area contributed by atoms with Crippen LogP contribution in [0.4, 0.5) is 0 Å². The first-order valence-corrected chi connectivity index (χ1v) is 16.8. The summed E-state index contributed by atoms with van der Waals surface area (Å²) in [7, 11) is -0.275. The second-order valence-corrected chi connectivity index (χ2v) is 16.6. The Labute approximate surface area is 227 Å².